The van der Waals surface area contributed by atoms with Crippen molar-refractivity contribution in [1.29, 1.82) is 0 Å². The summed E-state index contributed by atoms with van der Waals surface area (Å²) in [5.41, 5.74) is 0. The fourth-order valence-corrected chi connectivity index (χ4v) is 19.4. The molecule has 0 heterocycles. The summed E-state index contributed by atoms with van der Waals surface area (Å²) in [6.07, 6.45) is 7.40. The minimum atomic E-state index is -2.62. The van der Waals surface area contributed by atoms with Gasteiger partial charge < -0.3 is 0 Å². The van der Waals surface area contributed by atoms with Crippen molar-refractivity contribution in [3.63, 3.8) is 0 Å². The van der Waals surface area contributed by atoms with Crippen molar-refractivity contribution in [2.75, 3.05) is 7.11 Å². The molecule has 0 fully saturated rings. The summed E-state index contributed by atoms with van der Waals surface area (Å²) < 4.78 is 14.8. The Morgan fingerprint density at radius 3 is 1.56 bits per heavy atom. The zero-order valence-corrected chi connectivity index (χ0v) is 16.3. The summed E-state index contributed by atoms with van der Waals surface area (Å²) in [7, 11) is -0.0792. The summed E-state index contributed by atoms with van der Waals surface area (Å²) in [5.74, 6) is 0. The Morgan fingerprint density at radius 1 is 0.889 bits per heavy atom. The van der Waals surface area contributed by atoms with Crippen molar-refractivity contribution >= 4 is 27.4 Å². The molecule has 1 unspecified atom stereocenters. The average Bonchev–Trinajstić information content (AvgIpc) is 2.40. The molecule has 0 aliphatic carbocycles. The normalized spacial score (nSPS) is 13.8. The van der Waals surface area contributed by atoms with Gasteiger partial charge in [-0.2, -0.15) is 0 Å². The van der Waals surface area contributed by atoms with Crippen molar-refractivity contribution in [1.82, 2.24) is 0 Å². The second kappa shape index (κ2) is 11.9. The summed E-state index contributed by atoms with van der Waals surface area (Å²) in [6.45, 7) is 6.69. The molecule has 0 saturated carbocycles. The van der Waals surface area contributed by atoms with E-state index in [1.165, 1.54) is 51.8 Å². The Bertz CT molecular complexity index is 171. The van der Waals surface area contributed by atoms with Crippen LogP contribution in [0.15, 0.2) is 0 Å². The summed E-state index contributed by atoms with van der Waals surface area (Å²) in [5, 5.41) is 0. The van der Waals surface area contributed by atoms with Gasteiger partial charge in [-0.3, -0.25) is 0 Å². The van der Waals surface area contributed by atoms with Crippen LogP contribution in [0.4, 0.5) is 0 Å². The number of hydrogen-bond acceptors (Lipinski definition) is 3. The van der Waals surface area contributed by atoms with E-state index in [0.29, 0.717) is 0 Å². The van der Waals surface area contributed by atoms with Crippen LogP contribution in [-0.2, 0) is 7.38 Å². The first-order valence-corrected chi connectivity index (χ1v) is 15.7. The van der Waals surface area contributed by atoms with E-state index in [1.807, 2.05) is 0 Å². The van der Waals surface area contributed by atoms with Gasteiger partial charge >= 0.3 is 119 Å². The third-order valence-electron chi connectivity index (χ3n) is 3.39. The molecule has 0 aromatic rings. The zero-order chi connectivity index (χ0) is 13.9. The van der Waals surface area contributed by atoms with Crippen molar-refractivity contribution in [2.45, 2.75) is 72.6 Å². The number of rotatable bonds is 12. The van der Waals surface area contributed by atoms with Crippen LogP contribution >= 0.6 is 8.60 Å². The van der Waals surface area contributed by atoms with Crippen molar-refractivity contribution in [3.05, 3.63) is 0 Å². The molecule has 0 aliphatic heterocycles. The van der Waals surface area contributed by atoms with E-state index >= 15 is 0 Å². The summed E-state index contributed by atoms with van der Waals surface area (Å²) in [6, 6.07) is 0. The minimum absolute atomic E-state index is 1.22. The van der Waals surface area contributed by atoms with Gasteiger partial charge in [0.05, 0.1) is 0 Å². The molecular weight excluding hydrogens is 354 g/mol. The summed E-state index contributed by atoms with van der Waals surface area (Å²) in [4.78, 5) is 9.76. The van der Waals surface area contributed by atoms with E-state index < -0.39 is 27.4 Å². The molecule has 5 heteroatoms. The van der Waals surface area contributed by atoms with Gasteiger partial charge in [-0.15, -0.1) is 0 Å². The van der Waals surface area contributed by atoms with Gasteiger partial charge in [0.15, 0.2) is 0 Å². The molecule has 0 saturated heterocycles. The van der Waals surface area contributed by atoms with Crippen molar-refractivity contribution < 1.29 is 12.3 Å². The number of hydrogen-bond donors (Lipinski definition) is 1. The molecule has 0 amide bonds. The SMILES string of the molecule is CCC[CH2][Sn]([CH2]CCC)([CH2]CCC)[O]P(O)OC. The third kappa shape index (κ3) is 8.31. The van der Waals surface area contributed by atoms with E-state index in [2.05, 4.69) is 20.8 Å². The molecule has 0 aromatic carbocycles. The van der Waals surface area contributed by atoms with Crippen LogP contribution in [0.25, 0.3) is 0 Å². The van der Waals surface area contributed by atoms with Gasteiger partial charge in [-0.25, -0.2) is 0 Å². The average molecular weight is 385 g/mol. The Labute approximate surface area is 119 Å². The molecule has 1 atom stereocenters. The molecule has 0 radical (unpaired) electrons. The van der Waals surface area contributed by atoms with E-state index in [0.717, 1.165) is 0 Å². The quantitative estimate of drug-likeness (QED) is 0.370. The predicted molar refractivity (Wildman–Crippen MR) is 82.1 cm³/mol. The Kier molecular flexibility index (Phi) is 12.6. The molecule has 0 rings (SSSR count). The molecule has 1 N–H and O–H groups in total. The topological polar surface area (TPSA) is 38.7 Å². The molecule has 0 aromatic heterocycles. The molecule has 0 aliphatic rings. The first kappa shape index (κ1) is 19.1. The Balaban J connectivity index is 4.61. The maximum absolute atomic E-state index is 9.76. The molecule has 0 bridgehead atoms. The van der Waals surface area contributed by atoms with Gasteiger partial charge in [-0.05, 0) is 0 Å². The molecule has 3 nitrogen and oxygen atoms in total. The van der Waals surface area contributed by atoms with E-state index in [4.69, 9.17) is 7.38 Å². The van der Waals surface area contributed by atoms with Crippen LogP contribution in [0, 0.1) is 0 Å². The van der Waals surface area contributed by atoms with Gasteiger partial charge in [0, 0.05) is 0 Å². The molecule has 18 heavy (non-hydrogen) atoms. The predicted octanol–water partition coefficient (Wildman–Crippen LogP) is 5.21. The van der Waals surface area contributed by atoms with Crippen LogP contribution in [0.1, 0.15) is 59.3 Å². The van der Waals surface area contributed by atoms with E-state index in [1.54, 1.807) is 7.11 Å². The zero-order valence-electron chi connectivity index (χ0n) is 12.6. The van der Waals surface area contributed by atoms with Gasteiger partial charge in [0.2, 0.25) is 0 Å². The Morgan fingerprint density at radius 2 is 1.28 bits per heavy atom. The monoisotopic (exact) mass is 386 g/mol. The van der Waals surface area contributed by atoms with Gasteiger partial charge in [-0.1, -0.05) is 0 Å². The van der Waals surface area contributed by atoms with Crippen LogP contribution in [-0.4, -0.2) is 30.8 Å². The molecule has 0 spiro atoms. The first-order chi connectivity index (χ1) is 8.64. The van der Waals surface area contributed by atoms with Crippen LogP contribution in [0.2, 0.25) is 13.3 Å². The van der Waals surface area contributed by atoms with Crippen molar-refractivity contribution in [2.24, 2.45) is 0 Å². The second-order valence-corrected chi connectivity index (χ2v) is 18.6. The van der Waals surface area contributed by atoms with Crippen LogP contribution in [0.5, 0.6) is 0 Å². The van der Waals surface area contributed by atoms with Gasteiger partial charge in [0.25, 0.3) is 0 Å². The van der Waals surface area contributed by atoms with E-state index in [9.17, 15) is 4.89 Å². The maximum atomic E-state index is 9.76. The standard InChI is InChI=1S/3C4H9.CH4O3P.Sn/c3*1-3-4-2;1-4-5(2)3;/h3*1,3-4H2,2H3;2H,1H3;/q;;;-1;+1. The van der Waals surface area contributed by atoms with Crippen LogP contribution < -0.4 is 0 Å². The number of unbranched alkanes of at least 4 members (excludes halogenated alkanes) is 3. The third-order valence-corrected chi connectivity index (χ3v) is 19.7. The molecular formula is C13H31O3PSn. The van der Waals surface area contributed by atoms with E-state index in [-0.39, 0.29) is 0 Å². The fraction of sp³-hybridized carbons (Fsp3) is 1.00. The molecule has 110 valence electrons. The van der Waals surface area contributed by atoms with Gasteiger partial charge in [0.1, 0.15) is 0 Å². The van der Waals surface area contributed by atoms with Crippen molar-refractivity contribution in [3.8, 4) is 0 Å². The Hall–Kier alpha value is 1.11. The van der Waals surface area contributed by atoms with Crippen LogP contribution in [0.3, 0.4) is 0 Å². The fourth-order valence-electron chi connectivity index (χ4n) is 2.21. The second-order valence-electron chi connectivity index (χ2n) is 5.01. The first-order valence-electron chi connectivity index (χ1n) is 7.36. The summed E-state index contributed by atoms with van der Waals surface area (Å²) >= 11 is -2.62.